The summed E-state index contributed by atoms with van der Waals surface area (Å²) in [4.78, 5) is 0. The van der Waals surface area contributed by atoms with Crippen molar-refractivity contribution in [2.24, 2.45) is 0 Å². The lowest BCUT2D eigenvalue weighted by molar-refractivity contribution is 0.218. The minimum Gasteiger partial charge on any atom is -0.489 e. The van der Waals surface area contributed by atoms with Gasteiger partial charge in [0.15, 0.2) is 0 Å². The van der Waals surface area contributed by atoms with Gasteiger partial charge in [0.2, 0.25) is 0 Å². The first-order chi connectivity index (χ1) is 7.57. The largest absolute Gasteiger partial charge is 0.489 e. The molecule has 1 N–H and O–H groups in total. The average molecular weight is 219 g/mol. The van der Waals surface area contributed by atoms with Gasteiger partial charge in [0, 0.05) is 6.54 Å². The monoisotopic (exact) mass is 219 g/mol. The number of hydrogen-bond acceptors (Lipinski definition) is 2. The topological polar surface area (TPSA) is 21.3 Å². The van der Waals surface area contributed by atoms with E-state index < -0.39 is 0 Å². The van der Waals surface area contributed by atoms with Crippen molar-refractivity contribution < 1.29 is 4.74 Å². The van der Waals surface area contributed by atoms with Gasteiger partial charge < -0.3 is 10.1 Å². The summed E-state index contributed by atoms with van der Waals surface area (Å²) in [6, 6.07) is 8.38. The van der Waals surface area contributed by atoms with Gasteiger partial charge >= 0.3 is 0 Å². The fourth-order valence-electron chi connectivity index (χ4n) is 2.10. The predicted octanol–water partition coefficient (Wildman–Crippen LogP) is 2.72. The maximum Gasteiger partial charge on any atom is 0.123 e. The second kappa shape index (κ2) is 4.46. The normalized spacial score (nSPS) is 21.1. The molecule has 0 unspecified atom stereocenters. The van der Waals surface area contributed by atoms with Crippen LogP contribution in [0, 0.1) is 0 Å². The second-order valence-electron chi connectivity index (χ2n) is 5.48. The smallest absolute Gasteiger partial charge is 0.123 e. The highest BCUT2D eigenvalue weighted by Crippen LogP contribution is 2.31. The van der Waals surface area contributed by atoms with Gasteiger partial charge in [-0.25, -0.2) is 0 Å². The number of para-hydroxylation sites is 1. The standard InChI is InChI=1S/C14H21NO/c1-14(2,3)12-6-4-5-7-13(12)16-11-8-9-15-10-11/h4-7,11,15H,8-10H2,1-3H3/t11-/m0/s1. The average Bonchev–Trinajstić information content (AvgIpc) is 2.70. The third kappa shape index (κ3) is 2.56. The first-order valence-corrected chi connectivity index (χ1v) is 6.04. The lowest BCUT2D eigenvalue weighted by Gasteiger charge is -2.24. The van der Waals surface area contributed by atoms with Gasteiger partial charge in [-0.15, -0.1) is 0 Å². The Labute approximate surface area is 98.0 Å². The summed E-state index contributed by atoms with van der Waals surface area (Å²) in [6.45, 7) is 8.72. The van der Waals surface area contributed by atoms with Crippen LogP contribution in [0.4, 0.5) is 0 Å². The molecule has 1 fully saturated rings. The Kier molecular flexibility index (Phi) is 3.20. The molecule has 88 valence electrons. The maximum atomic E-state index is 6.07. The Balaban J connectivity index is 2.19. The molecule has 1 aromatic rings. The van der Waals surface area contributed by atoms with E-state index in [0.29, 0.717) is 6.10 Å². The van der Waals surface area contributed by atoms with Crippen molar-refractivity contribution in [1.29, 1.82) is 0 Å². The molecule has 1 saturated heterocycles. The summed E-state index contributed by atoms with van der Waals surface area (Å²) in [6.07, 6.45) is 1.45. The number of benzene rings is 1. The molecule has 0 amide bonds. The molecule has 0 radical (unpaired) electrons. The highest BCUT2D eigenvalue weighted by Gasteiger charge is 2.22. The van der Waals surface area contributed by atoms with E-state index in [1.54, 1.807) is 0 Å². The molecule has 0 bridgehead atoms. The lowest BCUT2D eigenvalue weighted by atomic mass is 9.86. The number of rotatable bonds is 2. The Bertz CT molecular complexity index is 348. The van der Waals surface area contributed by atoms with Gasteiger partial charge in [-0.05, 0) is 30.0 Å². The minimum atomic E-state index is 0.141. The van der Waals surface area contributed by atoms with E-state index in [9.17, 15) is 0 Å². The van der Waals surface area contributed by atoms with Crippen molar-refractivity contribution in [3.05, 3.63) is 29.8 Å². The second-order valence-corrected chi connectivity index (χ2v) is 5.48. The summed E-state index contributed by atoms with van der Waals surface area (Å²) >= 11 is 0. The number of nitrogens with one attached hydrogen (secondary N) is 1. The zero-order chi connectivity index (χ0) is 11.6. The third-order valence-corrected chi connectivity index (χ3v) is 3.00. The minimum absolute atomic E-state index is 0.141. The van der Waals surface area contributed by atoms with E-state index >= 15 is 0 Å². The van der Waals surface area contributed by atoms with E-state index in [2.05, 4.69) is 44.3 Å². The van der Waals surface area contributed by atoms with Crippen molar-refractivity contribution >= 4 is 0 Å². The van der Waals surface area contributed by atoms with Crippen LogP contribution in [0.15, 0.2) is 24.3 Å². The first-order valence-electron chi connectivity index (χ1n) is 6.04. The van der Waals surface area contributed by atoms with Gasteiger partial charge in [0.05, 0.1) is 0 Å². The van der Waals surface area contributed by atoms with Crippen LogP contribution in [-0.2, 0) is 5.41 Å². The molecule has 2 rings (SSSR count). The summed E-state index contributed by atoms with van der Waals surface area (Å²) < 4.78 is 6.07. The molecular formula is C14H21NO. The SMILES string of the molecule is CC(C)(C)c1ccccc1O[C@H]1CCNC1. The molecule has 1 atom stereocenters. The molecule has 1 aromatic carbocycles. The molecule has 1 heterocycles. The van der Waals surface area contributed by atoms with Crippen LogP contribution < -0.4 is 10.1 Å². The van der Waals surface area contributed by atoms with Crippen molar-refractivity contribution in [3.8, 4) is 5.75 Å². The van der Waals surface area contributed by atoms with Crippen LogP contribution in [0.3, 0.4) is 0 Å². The zero-order valence-electron chi connectivity index (χ0n) is 10.4. The van der Waals surface area contributed by atoms with E-state index in [1.165, 1.54) is 5.56 Å². The highest BCUT2D eigenvalue weighted by atomic mass is 16.5. The molecule has 0 saturated carbocycles. The van der Waals surface area contributed by atoms with E-state index in [1.807, 2.05) is 6.07 Å². The third-order valence-electron chi connectivity index (χ3n) is 3.00. The number of hydrogen-bond donors (Lipinski definition) is 1. The van der Waals surface area contributed by atoms with Crippen molar-refractivity contribution in [1.82, 2.24) is 5.32 Å². The Hall–Kier alpha value is -1.02. The highest BCUT2D eigenvalue weighted by molar-refractivity contribution is 5.38. The Morgan fingerprint density at radius 3 is 2.62 bits per heavy atom. The van der Waals surface area contributed by atoms with Crippen LogP contribution in [0.1, 0.15) is 32.8 Å². The Morgan fingerprint density at radius 1 is 1.25 bits per heavy atom. The van der Waals surface area contributed by atoms with Gasteiger partial charge in [0.1, 0.15) is 11.9 Å². The van der Waals surface area contributed by atoms with Gasteiger partial charge in [-0.3, -0.25) is 0 Å². The lowest BCUT2D eigenvalue weighted by Crippen LogP contribution is -2.22. The first kappa shape index (κ1) is 11.5. The van der Waals surface area contributed by atoms with Gasteiger partial charge in [0.25, 0.3) is 0 Å². The van der Waals surface area contributed by atoms with E-state index in [4.69, 9.17) is 4.74 Å². The number of ether oxygens (including phenoxy) is 1. The van der Waals surface area contributed by atoms with E-state index in [-0.39, 0.29) is 5.41 Å². The molecule has 2 heteroatoms. The van der Waals surface area contributed by atoms with Crippen LogP contribution in [-0.4, -0.2) is 19.2 Å². The molecule has 0 aromatic heterocycles. The maximum absolute atomic E-state index is 6.07. The summed E-state index contributed by atoms with van der Waals surface area (Å²) in [5.41, 5.74) is 1.43. The van der Waals surface area contributed by atoms with Crippen LogP contribution in [0.25, 0.3) is 0 Å². The van der Waals surface area contributed by atoms with E-state index in [0.717, 1.165) is 25.3 Å². The van der Waals surface area contributed by atoms with Gasteiger partial charge in [-0.1, -0.05) is 39.0 Å². The molecule has 0 aliphatic carbocycles. The molecular weight excluding hydrogens is 198 g/mol. The zero-order valence-corrected chi connectivity index (χ0v) is 10.4. The van der Waals surface area contributed by atoms with Crippen molar-refractivity contribution in [2.45, 2.75) is 38.7 Å². The molecule has 1 aliphatic rings. The Morgan fingerprint density at radius 2 is 2.00 bits per heavy atom. The molecule has 0 spiro atoms. The van der Waals surface area contributed by atoms with Crippen LogP contribution in [0.5, 0.6) is 5.75 Å². The van der Waals surface area contributed by atoms with Crippen molar-refractivity contribution in [3.63, 3.8) is 0 Å². The van der Waals surface area contributed by atoms with Crippen molar-refractivity contribution in [2.75, 3.05) is 13.1 Å². The van der Waals surface area contributed by atoms with Crippen LogP contribution in [0.2, 0.25) is 0 Å². The fourth-order valence-corrected chi connectivity index (χ4v) is 2.10. The van der Waals surface area contributed by atoms with Gasteiger partial charge in [-0.2, -0.15) is 0 Å². The fraction of sp³-hybridized carbons (Fsp3) is 0.571. The summed E-state index contributed by atoms with van der Waals surface area (Å²) in [5, 5.41) is 3.33. The predicted molar refractivity (Wildman–Crippen MR) is 67.0 cm³/mol. The molecule has 1 aliphatic heterocycles. The summed E-state index contributed by atoms with van der Waals surface area (Å²) in [5.74, 6) is 1.05. The quantitative estimate of drug-likeness (QED) is 0.825. The summed E-state index contributed by atoms with van der Waals surface area (Å²) in [7, 11) is 0. The molecule has 2 nitrogen and oxygen atoms in total. The van der Waals surface area contributed by atoms with Crippen LogP contribution >= 0.6 is 0 Å². The molecule has 16 heavy (non-hydrogen) atoms.